The average molecular weight is 1450 g/mol. The minimum Gasteiger partial charge on any atom is -0.508 e. The number of carbonyl (C=O) groups is 8. The first-order valence-electron chi connectivity index (χ1n) is 31.5. The number of aliphatic hydroxyl groups excluding tert-OH is 6. The number of amides is 7. The van der Waals surface area contributed by atoms with Crippen molar-refractivity contribution in [1.82, 2.24) is 31.9 Å². The van der Waals surface area contributed by atoms with Gasteiger partial charge in [0.25, 0.3) is 0 Å². The normalized spacial score (nSPS) is 26.0. The summed E-state index contributed by atoms with van der Waals surface area (Å²) in [5, 5.41) is 127. The van der Waals surface area contributed by atoms with Crippen LogP contribution >= 0.6 is 23.2 Å². The van der Waals surface area contributed by atoms with Crippen molar-refractivity contribution in [2.45, 2.75) is 164 Å². The number of phenols is 3. The highest BCUT2D eigenvalue weighted by Gasteiger charge is 2.49. The van der Waals surface area contributed by atoms with Crippen LogP contribution in [0.5, 0.6) is 46.0 Å². The van der Waals surface area contributed by atoms with Gasteiger partial charge in [0.05, 0.1) is 41.3 Å². The van der Waals surface area contributed by atoms with Crippen LogP contribution in [0.3, 0.4) is 0 Å². The van der Waals surface area contributed by atoms with E-state index in [2.05, 4.69) is 31.9 Å². The molecule has 6 heterocycles. The van der Waals surface area contributed by atoms with Gasteiger partial charge in [-0.3, -0.25) is 33.6 Å². The maximum absolute atomic E-state index is 16.0. The Hall–Kier alpha value is -9.20. The molecule has 11 rings (SSSR count). The van der Waals surface area contributed by atoms with Crippen LogP contribution in [-0.2, 0) is 52.6 Å². The Balaban J connectivity index is 1.33. The number of carboxylic acid groups (broad SMARTS) is 1. The molecule has 544 valence electrons. The van der Waals surface area contributed by atoms with Crippen LogP contribution in [-0.4, -0.2) is 184 Å². The Morgan fingerprint density at radius 3 is 1.85 bits per heavy atom. The molecule has 11 bridgehead atoms. The lowest BCUT2D eigenvalue weighted by Crippen LogP contribution is -2.61. The molecule has 6 aliphatic heterocycles. The van der Waals surface area contributed by atoms with Gasteiger partial charge in [-0.2, -0.15) is 0 Å². The van der Waals surface area contributed by atoms with Gasteiger partial charge in [0, 0.05) is 28.3 Å². The SMILES string of the molecule is CC(C)C[C@@H](N)C(=O)NC1C(=O)N[C@@H](CC(N)=O)C(=O)N[C@H]2C(=O)NC3C(=O)N[C@H](C(=O)N[C@@H](C(=O)O)c4cc(O)cc(O)c4-c4cc3ccc4O)[C@H](O)c3ccc(c(Cl)c3)Oc3cc2cc(c3OC2OC(CO)C(O)C(O)C2O[C@H](C)OC(C)C(O)C(C)(C)N)Oc2ccc(cc2Cl)[C@H]1O. The summed E-state index contributed by atoms with van der Waals surface area (Å²) in [7, 11) is 0. The van der Waals surface area contributed by atoms with Gasteiger partial charge >= 0.3 is 5.97 Å². The van der Waals surface area contributed by atoms with Crippen LogP contribution in [0.15, 0.2) is 78.9 Å². The number of carbonyl (C=O) groups excluding carboxylic acids is 7. The molecule has 0 saturated carbocycles. The number of nitrogens with one attached hydrogen (secondary N) is 6. The van der Waals surface area contributed by atoms with Gasteiger partial charge < -0.3 is 129 Å². The summed E-state index contributed by atoms with van der Waals surface area (Å²) in [6, 6.07) is -1.22. The molecule has 101 heavy (non-hydrogen) atoms. The summed E-state index contributed by atoms with van der Waals surface area (Å²) in [5.74, 6) is -16.4. The predicted octanol–water partition coefficient (Wildman–Crippen LogP) is 0.482. The lowest BCUT2D eigenvalue weighted by molar-refractivity contribution is -0.320. The summed E-state index contributed by atoms with van der Waals surface area (Å²) in [5.41, 5.74) is 14.0. The van der Waals surface area contributed by atoms with Crippen molar-refractivity contribution in [3.63, 3.8) is 0 Å². The fourth-order valence-corrected chi connectivity index (χ4v) is 12.3. The van der Waals surface area contributed by atoms with E-state index in [1.54, 1.807) is 13.8 Å². The molecule has 0 aromatic heterocycles. The average Bonchev–Trinajstić information content (AvgIpc) is 0.770. The van der Waals surface area contributed by atoms with Crippen LogP contribution in [0.2, 0.25) is 10.0 Å². The van der Waals surface area contributed by atoms with Crippen molar-refractivity contribution < 1.29 is 118 Å². The van der Waals surface area contributed by atoms with Gasteiger partial charge in [0.1, 0.15) is 89.5 Å². The van der Waals surface area contributed by atoms with Crippen molar-refractivity contribution in [3.05, 3.63) is 117 Å². The fraction of sp³-hybridized carbons (Fsp3) is 0.424. The molecular weight excluding hydrogens is 1370 g/mol. The molecule has 33 nitrogen and oxygen atoms in total. The molecule has 22 N–H and O–H groups in total. The number of rotatable bonds is 16. The molecule has 9 unspecified atom stereocenters. The first-order valence-corrected chi connectivity index (χ1v) is 32.2. The molecule has 7 amide bonds. The maximum atomic E-state index is 16.0. The second-order valence-electron chi connectivity index (χ2n) is 25.7. The quantitative estimate of drug-likeness (QED) is 0.0597. The van der Waals surface area contributed by atoms with Crippen molar-refractivity contribution in [1.29, 1.82) is 0 Å². The highest BCUT2D eigenvalue weighted by Crippen LogP contribution is 2.50. The first-order chi connectivity index (χ1) is 47.4. The zero-order valence-electron chi connectivity index (χ0n) is 54.7. The van der Waals surface area contributed by atoms with Crippen LogP contribution in [0.4, 0.5) is 0 Å². The molecule has 0 spiro atoms. The van der Waals surface area contributed by atoms with Gasteiger partial charge in [0.2, 0.25) is 53.4 Å². The third kappa shape index (κ3) is 16.9. The number of hydrogen-bond acceptors (Lipinski definition) is 25. The van der Waals surface area contributed by atoms with Crippen molar-refractivity contribution >= 4 is 70.5 Å². The third-order valence-electron chi connectivity index (χ3n) is 17.0. The highest BCUT2D eigenvalue weighted by molar-refractivity contribution is 6.32. The first kappa shape index (κ1) is 76.0. The molecule has 0 radical (unpaired) electrons. The molecule has 6 aliphatic rings. The Morgan fingerprint density at radius 1 is 0.693 bits per heavy atom. The molecule has 0 aliphatic carbocycles. The number of aromatic hydroxyl groups is 3. The number of aliphatic carboxylic acids is 1. The summed E-state index contributed by atoms with van der Waals surface area (Å²) < 4.78 is 38.0. The Morgan fingerprint density at radius 2 is 1.28 bits per heavy atom. The van der Waals surface area contributed by atoms with Gasteiger partial charge in [-0.15, -0.1) is 0 Å². The van der Waals surface area contributed by atoms with E-state index < -0.39 is 237 Å². The summed E-state index contributed by atoms with van der Waals surface area (Å²) in [6.07, 6.45) is -18.7. The lowest BCUT2D eigenvalue weighted by atomic mass is 9.89. The number of ether oxygens (including phenoxy) is 6. The molecule has 35 heteroatoms. The Bertz CT molecular complexity index is 4030. The number of phenolic OH excluding ortho intramolecular Hbond substituents is 3. The molecule has 5 aromatic rings. The zero-order valence-corrected chi connectivity index (χ0v) is 56.2. The van der Waals surface area contributed by atoms with Crippen LogP contribution in [0, 0.1) is 5.92 Å². The molecule has 17 atom stereocenters. The second-order valence-corrected chi connectivity index (χ2v) is 26.5. The van der Waals surface area contributed by atoms with E-state index >= 15 is 14.4 Å². The molecule has 5 aromatic carbocycles. The Labute approximate surface area is 585 Å². The topological polar surface area (TPSA) is 544 Å². The highest BCUT2D eigenvalue weighted by atomic mass is 35.5. The van der Waals surface area contributed by atoms with Crippen LogP contribution in [0.1, 0.15) is 113 Å². The number of nitrogens with two attached hydrogens (primary N) is 3. The van der Waals surface area contributed by atoms with Crippen molar-refractivity contribution in [2.24, 2.45) is 23.1 Å². The summed E-state index contributed by atoms with van der Waals surface area (Å²) in [6.45, 7) is 8.40. The van der Waals surface area contributed by atoms with E-state index in [-0.39, 0.29) is 39.8 Å². The monoisotopic (exact) mass is 1450 g/mol. The van der Waals surface area contributed by atoms with Crippen molar-refractivity contribution in [2.75, 3.05) is 6.61 Å². The van der Waals surface area contributed by atoms with Crippen LogP contribution in [0.25, 0.3) is 11.1 Å². The minimum absolute atomic E-state index is 0.0729. The number of aliphatic hydroxyl groups is 6. The van der Waals surface area contributed by atoms with E-state index in [4.69, 9.17) is 68.8 Å². The van der Waals surface area contributed by atoms with Crippen molar-refractivity contribution in [3.8, 4) is 57.1 Å². The minimum atomic E-state index is -2.36. The third-order valence-corrected chi connectivity index (χ3v) is 17.6. The molecule has 1 saturated heterocycles. The second kappa shape index (κ2) is 31.0. The zero-order chi connectivity index (χ0) is 74.1. The van der Waals surface area contributed by atoms with Gasteiger partial charge in [-0.1, -0.05) is 55.2 Å². The fourth-order valence-electron chi connectivity index (χ4n) is 11.9. The van der Waals surface area contributed by atoms with E-state index in [0.717, 1.165) is 66.7 Å². The van der Waals surface area contributed by atoms with E-state index in [0.29, 0.717) is 0 Å². The lowest BCUT2D eigenvalue weighted by Gasteiger charge is -2.43. The van der Waals surface area contributed by atoms with Gasteiger partial charge in [-0.25, -0.2) is 4.79 Å². The maximum Gasteiger partial charge on any atom is 0.330 e. The van der Waals surface area contributed by atoms with Gasteiger partial charge in [-0.05, 0) is 117 Å². The number of hydrogen-bond donors (Lipinski definition) is 19. The number of benzene rings is 5. The number of halogens is 2. The predicted molar refractivity (Wildman–Crippen MR) is 351 cm³/mol. The Kier molecular flexibility index (Phi) is 23.3. The summed E-state index contributed by atoms with van der Waals surface area (Å²) in [4.78, 5) is 116. The largest absolute Gasteiger partial charge is 0.508 e. The smallest absolute Gasteiger partial charge is 0.330 e. The number of fused-ring (bicyclic) bond motifs is 15. The molecular formula is C66H77Cl2N9O24. The van der Waals surface area contributed by atoms with Crippen LogP contribution < -0.4 is 63.3 Å². The van der Waals surface area contributed by atoms with E-state index in [9.17, 15) is 75.0 Å². The molecule has 1 fully saturated rings. The van der Waals surface area contributed by atoms with Gasteiger partial charge in [0.15, 0.2) is 29.9 Å². The standard InChI is InChI=1S/C66H77Cl2N9O24/c1-23(2)13-35(69)58(88)76-49-51(83)27-8-11-39(33(67)15-27)98-41-17-29-18-42(55(41)101-65-56(54(86)53(85)43(22-78)100-65)97-25(4)96-24(3)57(87)66(5,6)71)99-40-12-9-28(16-34(40)68)52(84)50-63(93)75-48(64(94)95)32-19-30(79)20-38(81)45(32)31-14-26(7-10-37(31)80)46(60(90)77-50)74-61(91)47(29)73-59(89)36(21-44(70)82)72-62(49)92/h7-12,14-20,23-25,35-36,43,46-54,56-57,65,78-81,83-87H,13,21-22,69,71H2,1-6H3,(H2,70,82)(H,72,92)(H,73,89)(H,74,91)(H,75,93)(H,76,88)(H,77,90)(H,94,95)/t24?,25-,35-,36+,43?,46?,47-,48-,49?,50+,51-,52-,53?,54?,56?,57?,65?/m1/s1. The van der Waals surface area contributed by atoms with E-state index in [1.807, 2.05) is 0 Å². The summed E-state index contributed by atoms with van der Waals surface area (Å²) >= 11 is 14.1. The number of primary amides is 1. The van der Waals surface area contributed by atoms with E-state index in [1.165, 1.54) is 39.8 Å². The number of carboxylic acids is 1.